The number of aromatic nitrogens is 4. The highest BCUT2D eigenvalue weighted by atomic mass is 19.4. The molecule has 0 atom stereocenters. The molecule has 0 saturated carbocycles. The molecule has 0 aliphatic carbocycles. The van der Waals surface area contributed by atoms with Crippen LogP contribution in [0.15, 0.2) is 79.0 Å². The summed E-state index contributed by atoms with van der Waals surface area (Å²) in [6, 6.07) is 20.4. The van der Waals surface area contributed by atoms with E-state index < -0.39 is 6.36 Å². The monoisotopic (exact) mass is 492 g/mol. The second-order valence-corrected chi connectivity index (χ2v) is 7.71. The molecule has 0 unspecified atom stereocenters. The van der Waals surface area contributed by atoms with Crippen LogP contribution < -0.4 is 14.2 Å². The van der Waals surface area contributed by atoms with Gasteiger partial charge in [-0.15, -0.1) is 13.2 Å². The van der Waals surface area contributed by atoms with E-state index in [4.69, 9.17) is 19.6 Å². The topological polar surface area (TPSA) is 70.8 Å². The first-order chi connectivity index (χ1) is 17.3. The van der Waals surface area contributed by atoms with Crippen LogP contribution in [0.1, 0.15) is 0 Å². The van der Waals surface area contributed by atoms with Crippen molar-refractivity contribution in [2.24, 2.45) is 0 Å². The molecule has 0 radical (unpaired) electrons. The van der Waals surface area contributed by atoms with E-state index >= 15 is 0 Å². The fourth-order valence-electron chi connectivity index (χ4n) is 3.68. The summed E-state index contributed by atoms with van der Waals surface area (Å²) in [6.45, 7) is 0. The number of halogens is 3. The maximum Gasteiger partial charge on any atom is 0.573 e. The number of alkyl halides is 3. The van der Waals surface area contributed by atoms with Crippen LogP contribution in [0.2, 0.25) is 0 Å². The van der Waals surface area contributed by atoms with Crippen molar-refractivity contribution in [3.05, 3.63) is 79.0 Å². The molecule has 0 aliphatic heterocycles. The van der Waals surface area contributed by atoms with Crippen LogP contribution in [-0.2, 0) is 0 Å². The Hall–Kier alpha value is -4.60. The molecular formula is C26H19F3N4O3. The average molecular weight is 492 g/mol. The standard InChI is InChI=1S/C26H19F3N4O3/c1-34-19-9-5-17(6-10-19)23-24(18-7-11-20(35-2)12-8-18)32-33-15-22(30-25(33)31-23)16-3-13-21(14-4-16)36-26(27,28)29/h3-15H,1-2H3. The molecule has 2 heterocycles. The highest BCUT2D eigenvalue weighted by Crippen LogP contribution is 2.32. The lowest BCUT2D eigenvalue weighted by molar-refractivity contribution is -0.274. The van der Waals surface area contributed by atoms with Crippen LogP contribution in [0.3, 0.4) is 0 Å². The molecule has 0 N–H and O–H groups in total. The van der Waals surface area contributed by atoms with E-state index in [1.807, 2.05) is 48.5 Å². The molecule has 0 spiro atoms. The molecule has 182 valence electrons. The lowest BCUT2D eigenvalue weighted by Gasteiger charge is -2.10. The first kappa shape index (κ1) is 23.2. The maximum atomic E-state index is 12.5. The minimum Gasteiger partial charge on any atom is -0.497 e. The van der Waals surface area contributed by atoms with Gasteiger partial charge in [0.15, 0.2) is 0 Å². The van der Waals surface area contributed by atoms with Crippen LogP contribution in [0.25, 0.3) is 39.5 Å². The fourth-order valence-corrected chi connectivity index (χ4v) is 3.68. The highest BCUT2D eigenvalue weighted by molar-refractivity contribution is 5.79. The Morgan fingerprint density at radius 2 is 1.14 bits per heavy atom. The number of rotatable bonds is 6. The van der Waals surface area contributed by atoms with E-state index in [-0.39, 0.29) is 5.75 Å². The average Bonchev–Trinajstić information content (AvgIpc) is 3.31. The van der Waals surface area contributed by atoms with Crippen molar-refractivity contribution in [1.29, 1.82) is 0 Å². The van der Waals surface area contributed by atoms with E-state index in [1.165, 1.54) is 24.3 Å². The number of imidazole rings is 1. The van der Waals surface area contributed by atoms with Crippen LogP contribution >= 0.6 is 0 Å². The van der Waals surface area contributed by atoms with Gasteiger partial charge in [0.05, 0.1) is 26.1 Å². The summed E-state index contributed by atoms with van der Waals surface area (Å²) in [5.41, 5.74) is 3.96. The Morgan fingerprint density at radius 3 is 1.67 bits per heavy atom. The van der Waals surface area contributed by atoms with Crippen molar-refractivity contribution in [3.8, 4) is 51.0 Å². The summed E-state index contributed by atoms with van der Waals surface area (Å²) in [6.07, 6.45) is -3.08. The molecular weight excluding hydrogens is 473 g/mol. The molecule has 0 saturated heterocycles. The summed E-state index contributed by atoms with van der Waals surface area (Å²) < 4.78 is 53.5. The zero-order valence-electron chi connectivity index (χ0n) is 19.2. The zero-order valence-corrected chi connectivity index (χ0v) is 19.2. The predicted octanol–water partition coefficient (Wildman–Crippen LogP) is 6.04. The summed E-state index contributed by atoms with van der Waals surface area (Å²) in [4.78, 5) is 9.33. The van der Waals surface area contributed by atoms with Crippen molar-refractivity contribution in [2.75, 3.05) is 14.2 Å². The predicted molar refractivity (Wildman–Crippen MR) is 127 cm³/mol. The van der Waals surface area contributed by atoms with Crippen molar-refractivity contribution in [1.82, 2.24) is 19.6 Å². The number of methoxy groups -OCH3 is 2. The second kappa shape index (κ2) is 9.21. The number of fused-ring (bicyclic) bond motifs is 1. The molecule has 0 fully saturated rings. The molecule has 10 heteroatoms. The Bertz CT molecular complexity index is 1410. The lowest BCUT2D eigenvalue weighted by Crippen LogP contribution is -2.16. The molecule has 5 aromatic rings. The van der Waals surface area contributed by atoms with Crippen molar-refractivity contribution >= 4 is 5.78 Å². The van der Waals surface area contributed by atoms with E-state index in [0.717, 1.165) is 11.1 Å². The Kier molecular flexibility index (Phi) is 5.93. The number of hydrogen-bond acceptors (Lipinski definition) is 6. The molecule has 5 rings (SSSR count). The van der Waals surface area contributed by atoms with Gasteiger partial charge < -0.3 is 14.2 Å². The summed E-state index contributed by atoms with van der Waals surface area (Å²) in [5.74, 6) is 1.44. The van der Waals surface area contributed by atoms with Gasteiger partial charge in [0.1, 0.15) is 28.6 Å². The van der Waals surface area contributed by atoms with Gasteiger partial charge in [0.2, 0.25) is 0 Å². The van der Waals surface area contributed by atoms with Gasteiger partial charge in [-0.3, -0.25) is 0 Å². The second-order valence-electron chi connectivity index (χ2n) is 7.71. The fraction of sp³-hybridized carbons (Fsp3) is 0.115. The Morgan fingerprint density at radius 1 is 0.639 bits per heavy atom. The lowest BCUT2D eigenvalue weighted by atomic mass is 10.0. The van der Waals surface area contributed by atoms with Crippen molar-refractivity contribution in [3.63, 3.8) is 0 Å². The van der Waals surface area contributed by atoms with E-state index in [9.17, 15) is 13.2 Å². The van der Waals surface area contributed by atoms with Crippen molar-refractivity contribution in [2.45, 2.75) is 6.36 Å². The highest BCUT2D eigenvalue weighted by Gasteiger charge is 2.31. The van der Waals surface area contributed by atoms with Crippen LogP contribution in [0.5, 0.6) is 17.2 Å². The van der Waals surface area contributed by atoms with E-state index in [0.29, 0.717) is 39.9 Å². The summed E-state index contributed by atoms with van der Waals surface area (Å²) >= 11 is 0. The van der Waals surface area contributed by atoms with Crippen LogP contribution in [0.4, 0.5) is 13.2 Å². The Balaban J connectivity index is 1.59. The van der Waals surface area contributed by atoms with Crippen LogP contribution in [-0.4, -0.2) is 40.2 Å². The maximum absolute atomic E-state index is 12.5. The third-order valence-corrected chi connectivity index (χ3v) is 5.42. The number of nitrogens with zero attached hydrogens (tertiary/aromatic N) is 4. The normalized spacial score (nSPS) is 11.5. The summed E-state index contributed by atoms with van der Waals surface area (Å²) in [5, 5.41) is 4.78. The molecule has 0 aliphatic rings. The third kappa shape index (κ3) is 4.78. The minimum atomic E-state index is -4.76. The van der Waals surface area contributed by atoms with Crippen molar-refractivity contribution < 1.29 is 27.4 Å². The Labute approximate surface area is 203 Å². The van der Waals surface area contributed by atoms with Gasteiger partial charge in [-0.2, -0.15) is 5.10 Å². The zero-order chi connectivity index (χ0) is 25.3. The third-order valence-electron chi connectivity index (χ3n) is 5.42. The molecule has 3 aromatic carbocycles. The largest absolute Gasteiger partial charge is 0.573 e. The first-order valence-electron chi connectivity index (χ1n) is 10.8. The van der Waals surface area contributed by atoms with Gasteiger partial charge in [-0.1, -0.05) is 0 Å². The number of ether oxygens (including phenoxy) is 3. The van der Waals surface area contributed by atoms with Crippen LogP contribution in [0, 0.1) is 0 Å². The molecule has 2 aromatic heterocycles. The molecule has 36 heavy (non-hydrogen) atoms. The number of hydrogen-bond donors (Lipinski definition) is 0. The molecule has 7 nitrogen and oxygen atoms in total. The van der Waals surface area contributed by atoms with Gasteiger partial charge in [0, 0.05) is 16.7 Å². The first-order valence-corrected chi connectivity index (χ1v) is 10.8. The van der Waals surface area contributed by atoms with Gasteiger partial charge in [0.25, 0.3) is 5.78 Å². The molecule has 0 amide bonds. The quantitative estimate of drug-likeness (QED) is 0.288. The van der Waals surface area contributed by atoms with E-state index in [2.05, 4.69) is 9.72 Å². The van der Waals surface area contributed by atoms with Gasteiger partial charge in [-0.05, 0) is 72.8 Å². The summed E-state index contributed by atoms with van der Waals surface area (Å²) in [7, 11) is 3.19. The number of benzene rings is 3. The van der Waals surface area contributed by atoms with Gasteiger partial charge in [-0.25, -0.2) is 14.5 Å². The SMILES string of the molecule is COc1ccc(-c2nc3nc(-c4ccc(OC(F)(F)F)cc4)cn3nc2-c2ccc(OC)cc2)cc1. The molecule has 0 bridgehead atoms. The van der Waals surface area contributed by atoms with E-state index in [1.54, 1.807) is 24.9 Å². The minimum absolute atomic E-state index is 0.310. The van der Waals surface area contributed by atoms with Gasteiger partial charge >= 0.3 is 6.36 Å². The smallest absolute Gasteiger partial charge is 0.497 e.